The van der Waals surface area contributed by atoms with E-state index in [2.05, 4.69) is 20.7 Å². The average Bonchev–Trinajstić information content (AvgIpc) is 2.36. The van der Waals surface area contributed by atoms with Crippen molar-refractivity contribution in [3.8, 4) is 0 Å². The number of esters is 1. The predicted octanol–water partition coefficient (Wildman–Crippen LogP) is 1.10. The van der Waals surface area contributed by atoms with Gasteiger partial charge in [-0.3, -0.25) is 0 Å². The summed E-state index contributed by atoms with van der Waals surface area (Å²) in [7, 11) is 0. The molecule has 0 amide bonds. The van der Waals surface area contributed by atoms with Crippen LogP contribution in [0.1, 0.15) is 28.9 Å². The van der Waals surface area contributed by atoms with Crippen LogP contribution in [0.25, 0.3) is 0 Å². The molecular weight excluding hydrogens is 320 g/mol. The van der Waals surface area contributed by atoms with E-state index in [1.165, 1.54) is 18.2 Å². The normalized spacial score (nSPS) is 13.7. The summed E-state index contributed by atoms with van der Waals surface area (Å²) in [4.78, 5) is 22.4. The summed E-state index contributed by atoms with van der Waals surface area (Å²) in [5.41, 5.74) is -0.263. The van der Waals surface area contributed by atoms with Crippen LogP contribution in [0.2, 0.25) is 0 Å². The Bertz CT molecular complexity index is 487. The lowest BCUT2D eigenvalue weighted by molar-refractivity contribution is -0.159. The van der Waals surface area contributed by atoms with Crippen molar-refractivity contribution in [3.05, 3.63) is 33.8 Å². The Balaban J connectivity index is 3.10. The zero-order chi connectivity index (χ0) is 14.6. The van der Waals surface area contributed by atoms with Crippen molar-refractivity contribution in [2.24, 2.45) is 0 Å². The van der Waals surface area contributed by atoms with Crippen LogP contribution in [0.3, 0.4) is 0 Å². The highest BCUT2D eigenvalue weighted by Gasteiger charge is 2.30. The van der Waals surface area contributed by atoms with Crippen LogP contribution in [0.5, 0.6) is 0 Å². The van der Waals surface area contributed by atoms with Gasteiger partial charge in [-0.05, 0) is 30.7 Å². The van der Waals surface area contributed by atoms with Crippen molar-refractivity contribution < 1.29 is 29.6 Å². The number of hydrogen-bond donors (Lipinski definition) is 3. The van der Waals surface area contributed by atoms with Gasteiger partial charge in [-0.2, -0.15) is 0 Å². The van der Waals surface area contributed by atoms with Gasteiger partial charge >= 0.3 is 11.9 Å². The van der Waals surface area contributed by atoms with Gasteiger partial charge < -0.3 is 20.1 Å². The second kappa shape index (κ2) is 6.65. The molecule has 19 heavy (non-hydrogen) atoms. The highest BCUT2D eigenvalue weighted by molar-refractivity contribution is 9.10. The van der Waals surface area contributed by atoms with E-state index in [1.54, 1.807) is 6.92 Å². The number of aromatic carboxylic acids is 1. The lowest BCUT2D eigenvalue weighted by Gasteiger charge is -2.18. The fraction of sp³-hybridized carbons (Fsp3) is 0.333. The van der Waals surface area contributed by atoms with Crippen LogP contribution in [0, 0.1) is 0 Å². The number of aliphatic hydroxyl groups is 2. The maximum absolute atomic E-state index is 11.3. The molecule has 7 heteroatoms. The van der Waals surface area contributed by atoms with E-state index in [4.69, 9.17) is 5.11 Å². The molecule has 104 valence electrons. The Hall–Kier alpha value is -1.44. The van der Waals surface area contributed by atoms with Crippen molar-refractivity contribution in [2.75, 3.05) is 6.61 Å². The smallest absolute Gasteiger partial charge is 0.338 e. The molecule has 0 aliphatic rings. The standard InChI is InChI=1S/C12H13BrO6/c1-2-19-12(18)10(15)9(14)8-5-6(13)3-4-7(8)11(16)17/h3-5,9-10,14-15H,2H2,1H3,(H,16,17). The molecule has 0 spiro atoms. The molecule has 0 fully saturated rings. The lowest BCUT2D eigenvalue weighted by atomic mass is 9.98. The fourth-order valence-corrected chi connectivity index (χ4v) is 1.88. The molecule has 0 aromatic heterocycles. The van der Waals surface area contributed by atoms with E-state index in [0.29, 0.717) is 4.47 Å². The third-order valence-corrected chi connectivity index (χ3v) is 2.88. The second-order valence-corrected chi connectivity index (χ2v) is 4.59. The van der Waals surface area contributed by atoms with Crippen LogP contribution >= 0.6 is 15.9 Å². The third kappa shape index (κ3) is 3.76. The Kier molecular flexibility index (Phi) is 5.46. The maximum Gasteiger partial charge on any atom is 0.338 e. The molecule has 1 aromatic carbocycles. The van der Waals surface area contributed by atoms with Gasteiger partial charge in [-0.25, -0.2) is 9.59 Å². The zero-order valence-corrected chi connectivity index (χ0v) is 11.6. The van der Waals surface area contributed by atoms with Gasteiger partial charge in [0.15, 0.2) is 6.10 Å². The number of aliphatic hydroxyl groups excluding tert-OH is 2. The van der Waals surface area contributed by atoms with Crippen LogP contribution in [0.15, 0.2) is 22.7 Å². The van der Waals surface area contributed by atoms with Crippen LogP contribution in [-0.4, -0.2) is 40.0 Å². The number of ether oxygens (including phenoxy) is 1. The number of carboxylic acids is 1. The molecule has 0 saturated carbocycles. The largest absolute Gasteiger partial charge is 0.478 e. The Labute approximate surface area is 117 Å². The first-order chi connectivity index (χ1) is 8.88. The molecule has 0 radical (unpaired) electrons. The molecule has 0 bridgehead atoms. The minimum atomic E-state index is -1.84. The van der Waals surface area contributed by atoms with Gasteiger partial charge in [0.05, 0.1) is 12.2 Å². The molecule has 6 nitrogen and oxygen atoms in total. The molecule has 2 atom stereocenters. The average molecular weight is 333 g/mol. The lowest BCUT2D eigenvalue weighted by Crippen LogP contribution is -2.30. The minimum Gasteiger partial charge on any atom is -0.478 e. The summed E-state index contributed by atoms with van der Waals surface area (Å²) in [5.74, 6) is -2.27. The number of carboxylic acid groups (broad SMARTS) is 1. The summed E-state index contributed by atoms with van der Waals surface area (Å²) in [5, 5.41) is 28.5. The minimum absolute atomic E-state index is 0.0485. The number of rotatable bonds is 5. The maximum atomic E-state index is 11.3. The van der Waals surface area contributed by atoms with E-state index >= 15 is 0 Å². The molecule has 2 unspecified atom stereocenters. The third-order valence-electron chi connectivity index (χ3n) is 2.39. The zero-order valence-electron chi connectivity index (χ0n) is 10.0. The summed E-state index contributed by atoms with van der Waals surface area (Å²) in [6, 6.07) is 4.08. The molecule has 0 aliphatic heterocycles. The molecule has 1 rings (SSSR count). The first kappa shape index (κ1) is 15.6. The first-order valence-electron chi connectivity index (χ1n) is 5.44. The summed E-state index contributed by atoms with van der Waals surface area (Å²) >= 11 is 3.13. The van der Waals surface area contributed by atoms with E-state index in [0.717, 1.165) is 0 Å². The van der Waals surface area contributed by atoms with Gasteiger partial charge in [0.2, 0.25) is 0 Å². The fourth-order valence-electron chi connectivity index (χ4n) is 1.50. The molecule has 1 aromatic rings. The molecular formula is C12H13BrO6. The van der Waals surface area contributed by atoms with Crippen LogP contribution in [-0.2, 0) is 9.53 Å². The second-order valence-electron chi connectivity index (χ2n) is 3.68. The Morgan fingerprint density at radius 3 is 2.53 bits per heavy atom. The number of hydrogen-bond acceptors (Lipinski definition) is 5. The molecule has 0 saturated heterocycles. The van der Waals surface area contributed by atoms with E-state index in [1.807, 2.05) is 0 Å². The van der Waals surface area contributed by atoms with E-state index < -0.39 is 24.1 Å². The summed E-state index contributed by atoms with van der Waals surface area (Å²) in [6.45, 7) is 1.60. The molecule has 3 N–H and O–H groups in total. The highest BCUT2D eigenvalue weighted by Crippen LogP contribution is 2.25. The Morgan fingerprint density at radius 2 is 2.00 bits per heavy atom. The highest BCUT2D eigenvalue weighted by atomic mass is 79.9. The van der Waals surface area contributed by atoms with Gasteiger partial charge in [0.1, 0.15) is 6.10 Å². The van der Waals surface area contributed by atoms with Crippen molar-refractivity contribution >= 4 is 27.9 Å². The van der Waals surface area contributed by atoms with E-state index in [9.17, 15) is 19.8 Å². The topological polar surface area (TPSA) is 104 Å². The predicted molar refractivity (Wildman–Crippen MR) is 68.7 cm³/mol. The van der Waals surface area contributed by atoms with Crippen molar-refractivity contribution in [1.82, 2.24) is 0 Å². The van der Waals surface area contributed by atoms with Gasteiger partial charge in [-0.1, -0.05) is 15.9 Å². The quantitative estimate of drug-likeness (QED) is 0.697. The first-order valence-corrected chi connectivity index (χ1v) is 6.23. The number of halogens is 1. The monoisotopic (exact) mass is 332 g/mol. The van der Waals surface area contributed by atoms with Crippen molar-refractivity contribution in [2.45, 2.75) is 19.1 Å². The molecule has 0 aliphatic carbocycles. The number of benzene rings is 1. The van der Waals surface area contributed by atoms with Gasteiger partial charge in [0, 0.05) is 4.47 Å². The van der Waals surface area contributed by atoms with E-state index in [-0.39, 0.29) is 17.7 Å². The van der Waals surface area contributed by atoms with Crippen LogP contribution < -0.4 is 0 Å². The number of carbonyl (C=O) groups is 2. The summed E-state index contributed by atoms with van der Waals surface area (Å²) in [6.07, 6.45) is -3.52. The van der Waals surface area contributed by atoms with Gasteiger partial charge in [0.25, 0.3) is 0 Å². The number of carbonyl (C=O) groups excluding carboxylic acids is 1. The van der Waals surface area contributed by atoms with Crippen molar-refractivity contribution in [3.63, 3.8) is 0 Å². The SMILES string of the molecule is CCOC(=O)C(O)C(O)c1cc(Br)ccc1C(=O)O. The Morgan fingerprint density at radius 1 is 1.37 bits per heavy atom. The van der Waals surface area contributed by atoms with Crippen molar-refractivity contribution in [1.29, 1.82) is 0 Å². The van der Waals surface area contributed by atoms with Gasteiger partial charge in [-0.15, -0.1) is 0 Å². The summed E-state index contributed by atoms with van der Waals surface area (Å²) < 4.78 is 5.09. The van der Waals surface area contributed by atoms with Crippen LogP contribution in [0.4, 0.5) is 0 Å². The molecule has 0 heterocycles.